The van der Waals surface area contributed by atoms with Crippen molar-refractivity contribution in [2.24, 2.45) is 0 Å². The molecule has 1 aromatic carbocycles. The highest BCUT2D eigenvalue weighted by Gasteiger charge is 2.12. The van der Waals surface area contributed by atoms with Crippen LogP contribution in [0.25, 0.3) is 4.96 Å². The zero-order chi connectivity index (χ0) is 14.3. The molecule has 0 aliphatic carbocycles. The van der Waals surface area contributed by atoms with Gasteiger partial charge in [0.2, 0.25) is 0 Å². The van der Waals surface area contributed by atoms with Gasteiger partial charge in [-0.2, -0.15) is 0 Å². The maximum absolute atomic E-state index is 13.0. The lowest BCUT2D eigenvalue weighted by Gasteiger charge is -2.09. The first kappa shape index (κ1) is 13.4. The summed E-state index contributed by atoms with van der Waals surface area (Å²) in [5, 5.41) is 5.70. The predicted molar refractivity (Wildman–Crippen MR) is 81.3 cm³/mol. The molecule has 0 fully saturated rings. The molecule has 3 nitrogen and oxygen atoms in total. The van der Waals surface area contributed by atoms with Gasteiger partial charge in [-0.05, 0) is 32.0 Å². The molecule has 0 unspecified atom stereocenters. The molecule has 3 aromatic rings. The Morgan fingerprint density at radius 1 is 1.40 bits per heavy atom. The van der Waals surface area contributed by atoms with Crippen LogP contribution in [0.2, 0.25) is 5.02 Å². The Morgan fingerprint density at radius 3 is 2.95 bits per heavy atom. The Hall–Kier alpha value is -1.59. The zero-order valence-electron chi connectivity index (χ0n) is 11.1. The molecule has 0 radical (unpaired) electrons. The molecule has 104 valence electrons. The number of nitrogens with zero attached hydrogens (tertiary/aromatic N) is 2. The highest BCUT2D eigenvalue weighted by molar-refractivity contribution is 7.15. The summed E-state index contributed by atoms with van der Waals surface area (Å²) in [7, 11) is 0. The standard InChI is InChI=1S/C14H13ClFN3S/c1-8-7-20-14-18-9(2)13(19(8)14)6-17-12-4-3-10(16)5-11(12)15/h3-5,7,17H,6H2,1-2H3. The lowest BCUT2D eigenvalue weighted by atomic mass is 10.3. The molecule has 0 saturated carbocycles. The minimum Gasteiger partial charge on any atom is -0.378 e. The monoisotopic (exact) mass is 309 g/mol. The maximum atomic E-state index is 13.0. The van der Waals surface area contributed by atoms with E-state index in [0.717, 1.165) is 27.7 Å². The van der Waals surface area contributed by atoms with Crippen molar-refractivity contribution in [1.82, 2.24) is 9.38 Å². The van der Waals surface area contributed by atoms with Crippen LogP contribution in [0.5, 0.6) is 0 Å². The summed E-state index contributed by atoms with van der Waals surface area (Å²) in [6.45, 7) is 4.64. The van der Waals surface area contributed by atoms with E-state index in [4.69, 9.17) is 11.6 Å². The fourth-order valence-electron chi connectivity index (χ4n) is 2.19. The molecule has 0 bridgehead atoms. The molecule has 1 N–H and O–H groups in total. The second-order valence-electron chi connectivity index (χ2n) is 4.62. The average Bonchev–Trinajstić information content (AvgIpc) is 2.89. The number of anilines is 1. The van der Waals surface area contributed by atoms with Crippen LogP contribution in [0.3, 0.4) is 0 Å². The van der Waals surface area contributed by atoms with Crippen LogP contribution in [0.1, 0.15) is 17.1 Å². The first-order valence-electron chi connectivity index (χ1n) is 6.17. The Labute approximate surface area is 125 Å². The van der Waals surface area contributed by atoms with Gasteiger partial charge in [-0.25, -0.2) is 9.37 Å². The van der Waals surface area contributed by atoms with Gasteiger partial charge >= 0.3 is 0 Å². The van der Waals surface area contributed by atoms with E-state index in [1.807, 2.05) is 6.92 Å². The van der Waals surface area contributed by atoms with E-state index in [1.165, 1.54) is 12.1 Å². The number of aromatic nitrogens is 2. The van der Waals surface area contributed by atoms with E-state index in [1.54, 1.807) is 17.4 Å². The number of fused-ring (bicyclic) bond motifs is 1. The summed E-state index contributed by atoms with van der Waals surface area (Å²) in [4.78, 5) is 5.52. The van der Waals surface area contributed by atoms with Crippen LogP contribution in [0.4, 0.5) is 10.1 Å². The fourth-order valence-corrected chi connectivity index (χ4v) is 3.35. The van der Waals surface area contributed by atoms with Gasteiger partial charge in [-0.1, -0.05) is 11.6 Å². The third-order valence-electron chi connectivity index (χ3n) is 3.21. The number of rotatable bonds is 3. The van der Waals surface area contributed by atoms with Gasteiger partial charge in [0, 0.05) is 11.1 Å². The van der Waals surface area contributed by atoms with E-state index >= 15 is 0 Å². The van der Waals surface area contributed by atoms with Crippen molar-refractivity contribution in [2.75, 3.05) is 5.32 Å². The normalized spacial score (nSPS) is 11.2. The molecule has 2 aromatic heterocycles. The van der Waals surface area contributed by atoms with Crippen molar-refractivity contribution in [3.63, 3.8) is 0 Å². The lowest BCUT2D eigenvalue weighted by Crippen LogP contribution is -2.05. The largest absolute Gasteiger partial charge is 0.378 e. The van der Waals surface area contributed by atoms with Crippen molar-refractivity contribution < 1.29 is 4.39 Å². The summed E-state index contributed by atoms with van der Waals surface area (Å²) >= 11 is 7.64. The van der Waals surface area contributed by atoms with Crippen LogP contribution in [0, 0.1) is 19.7 Å². The summed E-state index contributed by atoms with van der Waals surface area (Å²) in [6, 6.07) is 4.34. The highest BCUT2D eigenvalue weighted by Crippen LogP contribution is 2.25. The number of nitrogens with one attached hydrogen (secondary N) is 1. The fraction of sp³-hybridized carbons (Fsp3) is 0.214. The van der Waals surface area contributed by atoms with Gasteiger partial charge in [0.15, 0.2) is 4.96 Å². The van der Waals surface area contributed by atoms with E-state index in [9.17, 15) is 4.39 Å². The van der Waals surface area contributed by atoms with E-state index in [2.05, 4.69) is 27.0 Å². The quantitative estimate of drug-likeness (QED) is 0.776. The Bertz CT molecular complexity index is 778. The van der Waals surface area contributed by atoms with Gasteiger partial charge in [0.05, 0.1) is 28.6 Å². The predicted octanol–water partition coefficient (Wildman–Crippen LogP) is 4.42. The number of hydrogen-bond acceptors (Lipinski definition) is 3. The molecule has 0 amide bonds. The molecular formula is C14H13ClFN3S. The topological polar surface area (TPSA) is 29.3 Å². The summed E-state index contributed by atoms with van der Waals surface area (Å²) < 4.78 is 15.1. The molecule has 0 atom stereocenters. The number of benzene rings is 1. The van der Waals surface area contributed by atoms with Crippen molar-refractivity contribution in [3.8, 4) is 0 Å². The zero-order valence-corrected chi connectivity index (χ0v) is 12.6. The second kappa shape index (κ2) is 5.07. The van der Waals surface area contributed by atoms with Crippen LogP contribution in [0.15, 0.2) is 23.6 Å². The smallest absolute Gasteiger partial charge is 0.194 e. The van der Waals surface area contributed by atoms with Crippen molar-refractivity contribution >= 4 is 33.6 Å². The Kier molecular flexibility index (Phi) is 3.40. The van der Waals surface area contributed by atoms with Gasteiger partial charge in [-0.3, -0.25) is 4.40 Å². The number of imidazole rings is 1. The summed E-state index contributed by atoms with van der Waals surface area (Å²) in [6.07, 6.45) is 0. The van der Waals surface area contributed by atoms with Crippen LogP contribution >= 0.6 is 22.9 Å². The molecule has 0 aliphatic rings. The minimum atomic E-state index is -0.336. The highest BCUT2D eigenvalue weighted by atomic mass is 35.5. The van der Waals surface area contributed by atoms with Gasteiger partial charge in [-0.15, -0.1) is 11.3 Å². The van der Waals surface area contributed by atoms with Gasteiger partial charge in [0.25, 0.3) is 0 Å². The molecule has 6 heteroatoms. The molecule has 0 spiro atoms. The first-order chi connectivity index (χ1) is 9.56. The Morgan fingerprint density at radius 2 is 2.20 bits per heavy atom. The van der Waals surface area contributed by atoms with Crippen LogP contribution in [-0.2, 0) is 6.54 Å². The van der Waals surface area contributed by atoms with Gasteiger partial charge in [0.1, 0.15) is 5.82 Å². The average molecular weight is 310 g/mol. The molecule has 0 aliphatic heterocycles. The first-order valence-corrected chi connectivity index (χ1v) is 7.43. The van der Waals surface area contributed by atoms with Crippen molar-refractivity contribution in [2.45, 2.75) is 20.4 Å². The van der Waals surface area contributed by atoms with Crippen LogP contribution in [-0.4, -0.2) is 9.38 Å². The third kappa shape index (κ3) is 2.27. The van der Waals surface area contributed by atoms with Gasteiger partial charge < -0.3 is 5.32 Å². The molecule has 20 heavy (non-hydrogen) atoms. The third-order valence-corrected chi connectivity index (χ3v) is 4.46. The summed E-state index contributed by atoms with van der Waals surface area (Å²) in [5.41, 5.74) is 3.97. The lowest BCUT2D eigenvalue weighted by molar-refractivity contribution is 0.628. The molecule has 3 rings (SSSR count). The van der Waals surface area contributed by atoms with E-state index in [0.29, 0.717) is 11.6 Å². The van der Waals surface area contributed by atoms with E-state index in [-0.39, 0.29) is 5.82 Å². The van der Waals surface area contributed by atoms with Crippen molar-refractivity contribution in [3.05, 3.63) is 51.5 Å². The number of halogens is 2. The molecule has 2 heterocycles. The number of aryl methyl sites for hydroxylation is 2. The summed E-state index contributed by atoms with van der Waals surface area (Å²) in [5.74, 6) is -0.336. The SMILES string of the molecule is Cc1nc2scc(C)n2c1CNc1ccc(F)cc1Cl. The molecular weight excluding hydrogens is 297 g/mol. The maximum Gasteiger partial charge on any atom is 0.194 e. The van der Waals surface area contributed by atoms with E-state index < -0.39 is 0 Å². The number of hydrogen-bond donors (Lipinski definition) is 1. The molecule has 0 saturated heterocycles. The minimum absolute atomic E-state index is 0.336. The van der Waals surface area contributed by atoms with Crippen molar-refractivity contribution in [1.29, 1.82) is 0 Å². The number of thiazole rings is 1. The Balaban J connectivity index is 1.90. The second-order valence-corrected chi connectivity index (χ2v) is 5.86. The van der Waals surface area contributed by atoms with Crippen LogP contribution < -0.4 is 5.32 Å².